The first kappa shape index (κ1) is 19.2. The van der Waals surface area contributed by atoms with Crippen LogP contribution in [-0.4, -0.2) is 34.4 Å². The number of rotatable bonds is 8. The van der Waals surface area contributed by atoms with Gasteiger partial charge in [-0.25, -0.2) is 4.98 Å². The maximum atomic E-state index is 12.1. The SMILES string of the molecule is CC(O)CCC(=O)CNC(=O)Cc1nc2ccc(-c3ccccc3)cc2s1. The molecule has 6 heteroatoms. The molecule has 5 nitrogen and oxygen atoms in total. The Morgan fingerprint density at radius 3 is 2.67 bits per heavy atom. The van der Waals surface area contributed by atoms with Gasteiger partial charge in [0.05, 0.1) is 29.3 Å². The highest BCUT2D eigenvalue weighted by Crippen LogP contribution is 2.28. The lowest BCUT2D eigenvalue weighted by molar-refractivity contribution is -0.125. The van der Waals surface area contributed by atoms with Crippen LogP contribution in [0.3, 0.4) is 0 Å². The summed E-state index contributed by atoms with van der Waals surface area (Å²) >= 11 is 1.49. The van der Waals surface area contributed by atoms with E-state index in [0.717, 1.165) is 26.4 Å². The summed E-state index contributed by atoms with van der Waals surface area (Å²) < 4.78 is 1.03. The van der Waals surface area contributed by atoms with Crippen LogP contribution in [-0.2, 0) is 16.0 Å². The van der Waals surface area contributed by atoms with E-state index in [1.165, 1.54) is 11.3 Å². The molecular weight excluding hydrogens is 360 g/mol. The molecule has 0 bridgehead atoms. The van der Waals surface area contributed by atoms with Crippen LogP contribution in [0.2, 0.25) is 0 Å². The van der Waals surface area contributed by atoms with E-state index in [1.54, 1.807) is 6.92 Å². The van der Waals surface area contributed by atoms with Gasteiger partial charge in [-0.3, -0.25) is 9.59 Å². The Kier molecular flexibility index (Phi) is 6.32. The van der Waals surface area contributed by atoms with E-state index in [1.807, 2.05) is 30.3 Å². The molecule has 0 fully saturated rings. The standard InChI is InChI=1S/C21H22N2O3S/c1-14(24)7-9-17(25)13-22-20(26)12-21-23-18-10-8-16(11-19(18)27-21)15-5-3-2-4-6-15/h2-6,8,10-11,14,24H,7,9,12-13H2,1H3,(H,22,26). The number of Topliss-reactive ketones (excluding diaryl/α,β-unsaturated/α-hetero) is 1. The zero-order valence-corrected chi connectivity index (χ0v) is 16.0. The maximum absolute atomic E-state index is 12.1. The first-order valence-electron chi connectivity index (χ1n) is 8.92. The monoisotopic (exact) mass is 382 g/mol. The summed E-state index contributed by atoms with van der Waals surface area (Å²) in [5.41, 5.74) is 3.13. The van der Waals surface area contributed by atoms with E-state index in [-0.39, 0.29) is 31.1 Å². The smallest absolute Gasteiger partial charge is 0.227 e. The molecule has 3 aromatic rings. The number of fused-ring (bicyclic) bond motifs is 1. The third-order valence-corrected chi connectivity index (χ3v) is 5.19. The van der Waals surface area contributed by atoms with Crippen molar-refractivity contribution in [2.24, 2.45) is 0 Å². The topological polar surface area (TPSA) is 79.3 Å². The average Bonchev–Trinajstić information content (AvgIpc) is 3.06. The number of nitrogens with zero attached hydrogens (tertiary/aromatic N) is 1. The number of ketones is 1. The van der Waals surface area contributed by atoms with Gasteiger partial charge in [-0.05, 0) is 36.6 Å². The van der Waals surface area contributed by atoms with E-state index < -0.39 is 6.10 Å². The molecule has 1 atom stereocenters. The number of aliphatic hydroxyl groups is 1. The second-order valence-corrected chi connectivity index (χ2v) is 7.65. The molecular formula is C21H22N2O3S. The largest absolute Gasteiger partial charge is 0.393 e. The van der Waals surface area contributed by atoms with Gasteiger partial charge < -0.3 is 10.4 Å². The number of aliphatic hydroxyl groups excluding tert-OH is 1. The van der Waals surface area contributed by atoms with Crippen molar-refractivity contribution in [1.82, 2.24) is 10.3 Å². The van der Waals surface area contributed by atoms with Gasteiger partial charge in [-0.1, -0.05) is 36.4 Å². The number of carbonyl (C=O) groups excluding carboxylic acids is 2. The summed E-state index contributed by atoms with van der Waals surface area (Å²) in [6, 6.07) is 16.2. The van der Waals surface area contributed by atoms with Crippen LogP contribution in [0.4, 0.5) is 0 Å². The zero-order chi connectivity index (χ0) is 19.2. The van der Waals surface area contributed by atoms with Crippen molar-refractivity contribution in [3.05, 3.63) is 53.5 Å². The highest BCUT2D eigenvalue weighted by molar-refractivity contribution is 7.18. The number of amides is 1. The number of nitrogens with one attached hydrogen (secondary N) is 1. The zero-order valence-electron chi connectivity index (χ0n) is 15.1. The van der Waals surface area contributed by atoms with Gasteiger partial charge in [0.25, 0.3) is 0 Å². The Morgan fingerprint density at radius 1 is 1.15 bits per heavy atom. The summed E-state index contributed by atoms with van der Waals surface area (Å²) in [5.74, 6) is -0.302. The number of thiazole rings is 1. The van der Waals surface area contributed by atoms with Gasteiger partial charge in [-0.15, -0.1) is 11.3 Å². The molecule has 2 aromatic carbocycles. The lowest BCUT2D eigenvalue weighted by Gasteiger charge is -2.05. The lowest BCUT2D eigenvalue weighted by atomic mass is 10.1. The van der Waals surface area contributed by atoms with Crippen molar-refractivity contribution >= 4 is 33.2 Å². The van der Waals surface area contributed by atoms with Crippen molar-refractivity contribution in [3.63, 3.8) is 0 Å². The molecule has 2 N–H and O–H groups in total. The van der Waals surface area contributed by atoms with Gasteiger partial charge in [0.15, 0.2) is 5.78 Å². The summed E-state index contributed by atoms with van der Waals surface area (Å²) in [6.07, 6.45) is 0.328. The van der Waals surface area contributed by atoms with Crippen molar-refractivity contribution in [2.75, 3.05) is 6.54 Å². The molecule has 0 spiro atoms. The van der Waals surface area contributed by atoms with Crippen LogP contribution in [0.15, 0.2) is 48.5 Å². The number of hydrogen-bond donors (Lipinski definition) is 2. The summed E-state index contributed by atoms with van der Waals surface area (Å²) in [7, 11) is 0. The number of carbonyl (C=O) groups is 2. The van der Waals surface area contributed by atoms with Crippen LogP contribution in [0.5, 0.6) is 0 Å². The molecule has 140 valence electrons. The molecule has 1 amide bonds. The fraction of sp³-hybridized carbons (Fsp3) is 0.286. The van der Waals surface area contributed by atoms with E-state index in [4.69, 9.17) is 0 Å². The Bertz CT molecular complexity index is 935. The summed E-state index contributed by atoms with van der Waals surface area (Å²) in [6.45, 7) is 1.64. The third-order valence-electron chi connectivity index (χ3n) is 4.18. The van der Waals surface area contributed by atoms with Crippen LogP contribution in [0, 0.1) is 0 Å². The quantitative estimate of drug-likeness (QED) is 0.626. The predicted octanol–water partition coefficient (Wildman–Crippen LogP) is 3.35. The number of aromatic nitrogens is 1. The van der Waals surface area contributed by atoms with Gasteiger partial charge in [0.1, 0.15) is 5.01 Å². The Morgan fingerprint density at radius 2 is 1.93 bits per heavy atom. The normalized spacial score (nSPS) is 12.1. The molecule has 0 saturated heterocycles. The molecule has 0 aliphatic heterocycles. The van der Waals surface area contributed by atoms with E-state index >= 15 is 0 Å². The fourth-order valence-corrected chi connectivity index (χ4v) is 3.72. The fourth-order valence-electron chi connectivity index (χ4n) is 2.71. The molecule has 0 aliphatic rings. The Labute approximate surface area is 162 Å². The molecule has 0 saturated carbocycles. The second-order valence-electron chi connectivity index (χ2n) is 6.54. The second kappa shape index (κ2) is 8.88. The molecule has 27 heavy (non-hydrogen) atoms. The average molecular weight is 382 g/mol. The van der Waals surface area contributed by atoms with Crippen molar-refractivity contribution in [2.45, 2.75) is 32.3 Å². The lowest BCUT2D eigenvalue weighted by Crippen LogP contribution is -2.30. The minimum Gasteiger partial charge on any atom is -0.393 e. The molecule has 1 heterocycles. The molecule has 1 aromatic heterocycles. The van der Waals surface area contributed by atoms with Crippen LogP contribution < -0.4 is 5.32 Å². The van der Waals surface area contributed by atoms with Gasteiger partial charge >= 0.3 is 0 Å². The highest BCUT2D eigenvalue weighted by atomic mass is 32.1. The van der Waals surface area contributed by atoms with Crippen molar-refractivity contribution in [3.8, 4) is 11.1 Å². The molecule has 0 aliphatic carbocycles. The van der Waals surface area contributed by atoms with Crippen LogP contribution >= 0.6 is 11.3 Å². The molecule has 1 unspecified atom stereocenters. The minimum absolute atomic E-state index is 0.00535. The minimum atomic E-state index is -0.506. The van der Waals surface area contributed by atoms with E-state index in [0.29, 0.717) is 6.42 Å². The van der Waals surface area contributed by atoms with Crippen molar-refractivity contribution < 1.29 is 14.7 Å². The Hall–Kier alpha value is -2.57. The van der Waals surface area contributed by atoms with Gasteiger partial charge in [0.2, 0.25) is 5.91 Å². The first-order valence-corrected chi connectivity index (χ1v) is 9.74. The van der Waals surface area contributed by atoms with Gasteiger partial charge in [-0.2, -0.15) is 0 Å². The van der Waals surface area contributed by atoms with E-state index in [9.17, 15) is 14.7 Å². The molecule has 3 rings (SSSR count). The summed E-state index contributed by atoms with van der Waals surface area (Å²) in [4.78, 5) is 28.3. The maximum Gasteiger partial charge on any atom is 0.227 e. The number of hydrogen-bond acceptors (Lipinski definition) is 5. The predicted molar refractivity (Wildman–Crippen MR) is 108 cm³/mol. The Balaban J connectivity index is 1.60. The third kappa shape index (κ3) is 5.45. The van der Waals surface area contributed by atoms with E-state index in [2.05, 4.69) is 28.5 Å². The van der Waals surface area contributed by atoms with Crippen molar-refractivity contribution in [1.29, 1.82) is 0 Å². The highest BCUT2D eigenvalue weighted by Gasteiger charge is 2.12. The van der Waals surface area contributed by atoms with Gasteiger partial charge in [0, 0.05) is 6.42 Å². The summed E-state index contributed by atoms with van der Waals surface area (Å²) in [5, 5.41) is 12.5. The first-order chi connectivity index (χ1) is 13.0. The van der Waals surface area contributed by atoms with Crippen LogP contribution in [0.1, 0.15) is 24.8 Å². The molecule has 0 radical (unpaired) electrons. The number of benzene rings is 2. The van der Waals surface area contributed by atoms with Crippen LogP contribution in [0.25, 0.3) is 21.3 Å².